The van der Waals surface area contributed by atoms with Gasteiger partial charge in [0.05, 0.1) is 0 Å². The molecule has 0 saturated carbocycles. The summed E-state index contributed by atoms with van der Waals surface area (Å²) in [5.41, 5.74) is 0.785. The number of nitrogens with one attached hydrogen (secondary N) is 1. The van der Waals surface area contributed by atoms with Crippen molar-refractivity contribution in [3.05, 3.63) is 24.3 Å². The van der Waals surface area contributed by atoms with Crippen LogP contribution in [0.15, 0.2) is 24.3 Å². The van der Waals surface area contributed by atoms with Crippen LogP contribution in [0.2, 0.25) is 0 Å². The maximum absolute atomic E-state index is 13.5. The summed E-state index contributed by atoms with van der Waals surface area (Å²) in [7, 11) is 1.84. The molecule has 2 N–H and O–H groups in total. The zero-order valence-electron chi connectivity index (χ0n) is 17.7. The lowest BCUT2D eigenvalue weighted by Crippen LogP contribution is -2.59. The van der Waals surface area contributed by atoms with E-state index in [-0.39, 0.29) is 17.5 Å². The minimum absolute atomic E-state index is 0.0507. The maximum Gasteiger partial charge on any atom is 0.407 e. The van der Waals surface area contributed by atoms with Crippen molar-refractivity contribution in [2.45, 2.75) is 45.3 Å². The van der Waals surface area contributed by atoms with Crippen LogP contribution in [0.4, 0.5) is 10.5 Å². The Labute approximate surface area is 174 Å². The van der Waals surface area contributed by atoms with Crippen molar-refractivity contribution < 1.29 is 14.7 Å². The highest BCUT2D eigenvalue weighted by atomic mass is 16.4. The highest BCUT2D eigenvalue weighted by Crippen LogP contribution is 2.47. The van der Waals surface area contributed by atoms with E-state index in [1.54, 1.807) is 0 Å². The lowest BCUT2D eigenvalue weighted by Gasteiger charge is -2.47. The fourth-order valence-corrected chi connectivity index (χ4v) is 4.88. The molecule has 2 aromatic rings. The standard InChI is InChI=1S/C20H27N7O3/c1-19(2,3)16-25(4)17(28)20(9-11-26(12-10-20)18(29)30)27(16)14-7-5-13(6-8-14)15-21-23-24-22-15/h5-8,16H,9-12H2,1-4H3,(H,29,30)(H,21,22,23,24). The number of rotatable bonds is 2. The summed E-state index contributed by atoms with van der Waals surface area (Å²) in [6.45, 7) is 7.03. The van der Waals surface area contributed by atoms with Crippen molar-refractivity contribution >= 4 is 17.7 Å². The summed E-state index contributed by atoms with van der Waals surface area (Å²) < 4.78 is 0. The van der Waals surface area contributed by atoms with Crippen molar-refractivity contribution in [2.75, 3.05) is 25.0 Å². The quantitative estimate of drug-likeness (QED) is 0.773. The Morgan fingerprint density at radius 3 is 2.33 bits per heavy atom. The number of carboxylic acid groups (broad SMARTS) is 1. The Kier molecular flexibility index (Phi) is 4.67. The van der Waals surface area contributed by atoms with E-state index in [2.05, 4.69) is 46.3 Å². The van der Waals surface area contributed by atoms with Gasteiger partial charge in [-0.1, -0.05) is 20.8 Å². The predicted octanol–water partition coefficient (Wildman–Crippen LogP) is 2.03. The predicted molar refractivity (Wildman–Crippen MR) is 110 cm³/mol. The van der Waals surface area contributed by atoms with Crippen LogP contribution < -0.4 is 4.90 Å². The van der Waals surface area contributed by atoms with Gasteiger partial charge in [-0.25, -0.2) is 4.79 Å². The zero-order valence-corrected chi connectivity index (χ0v) is 17.7. The number of H-pyrrole nitrogens is 1. The molecule has 1 aromatic heterocycles. The number of carbonyl (C=O) groups is 2. The lowest BCUT2D eigenvalue weighted by molar-refractivity contribution is -0.134. The molecule has 2 aliphatic heterocycles. The molecule has 1 aromatic carbocycles. The molecule has 1 unspecified atom stereocenters. The van der Waals surface area contributed by atoms with Crippen LogP contribution in [0.1, 0.15) is 33.6 Å². The van der Waals surface area contributed by atoms with Gasteiger partial charge in [-0.2, -0.15) is 5.21 Å². The molecule has 1 atom stereocenters. The third-order valence-electron chi connectivity index (χ3n) is 6.18. The van der Waals surface area contributed by atoms with Gasteiger partial charge in [-0.05, 0) is 42.3 Å². The monoisotopic (exact) mass is 413 g/mol. The Morgan fingerprint density at radius 1 is 1.20 bits per heavy atom. The fourth-order valence-electron chi connectivity index (χ4n) is 4.88. The summed E-state index contributed by atoms with van der Waals surface area (Å²) >= 11 is 0. The van der Waals surface area contributed by atoms with Gasteiger partial charge >= 0.3 is 6.09 Å². The van der Waals surface area contributed by atoms with Crippen LogP contribution >= 0.6 is 0 Å². The number of aromatic amines is 1. The number of benzene rings is 1. The molecule has 2 aliphatic rings. The highest BCUT2D eigenvalue weighted by molar-refractivity contribution is 5.94. The Balaban J connectivity index is 1.75. The van der Waals surface area contributed by atoms with E-state index in [0.717, 1.165) is 11.3 Å². The third-order valence-corrected chi connectivity index (χ3v) is 6.18. The van der Waals surface area contributed by atoms with Crippen molar-refractivity contribution in [2.24, 2.45) is 5.41 Å². The zero-order chi connectivity index (χ0) is 21.7. The van der Waals surface area contributed by atoms with Gasteiger partial charge in [0.2, 0.25) is 11.7 Å². The van der Waals surface area contributed by atoms with E-state index >= 15 is 0 Å². The van der Waals surface area contributed by atoms with Crippen LogP contribution in [-0.4, -0.2) is 79.4 Å². The molecule has 1 spiro atoms. The summed E-state index contributed by atoms with van der Waals surface area (Å²) in [4.78, 5) is 30.4. The van der Waals surface area contributed by atoms with Crippen LogP contribution in [-0.2, 0) is 4.79 Å². The minimum atomic E-state index is -0.938. The Hall–Kier alpha value is -3.17. The SMILES string of the molecule is CN1C(=O)C2(CCN(C(=O)O)CC2)N(c2ccc(-c3nn[nH]n3)cc2)C1C(C)(C)C. The van der Waals surface area contributed by atoms with Crippen LogP contribution in [0.3, 0.4) is 0 Å². The average molecular weight is 413 g/mol. The summed E-state index contributed by atoms with van der Waals surface area (Å²) in [5.74, 6) is 0.558. The number of likely N-dealkylation sites (N-methyl/N-ethyl adjacent to an activating group) is 1. The first-order valence-electron chi connectivity index (χ1n) is 10.0. The molecule has 2 fully saturated rings. The number of piperidine rings is 1. The molecule has 0 radical (unpaired) electrons. The van der Waals surface area contributed by atoms with Gasteiger partial charge in [0.25, 0.3) is 0 Å². The summed E-state index contributed by atoms with van der Waals surface area (Å²) in [5, 5.41) is 23.5. The highest BCUT2D eigenvalue weighted by Gasteiger charge is 2.59. The van der Waals surface area contributed by atoms with E-state index in [9.17, 15) is 14.7 Å². The molecule has 160 valence electrons. The number of amides is 2. The Bertz CT molecular complexity index is 928. The number of tetrazole rings is 1. The van der Waals surface area contributed by atoms with Gasteiger partial charge in [0.1, 0.15) is 11.7 Å². The smallest absolute Gasteiger partial charge is 0.407 e. The van der Waals surface area contributed by atoms with E-state index in [4.69, 9.17) is 0 Å². The molecule has 30 heavy (non-hydrogen) atoms. The molecular formula is C20H27N7O3. The molecule has 0 bridgehead atoms. The molecular weight excluding hydrogens is 386 g/mol. The number of aromatic nitrogens is 4. The van der Waals surface area contributed by atoms with E-state index < -0.39 is 11.6 Å². The first-order chi connectivity index (χ1) is 14.1. The van der Waals surface area contributed by atoms with Gasteiger partial charge in [0, 0.05) is 36.8 Å². The van der Waals surface area contributed by atoms with Crippen molar-refractivity contribution in [1.29, 1.82) is 0 Å². The van der Waals surface area contributed by atoms with E-state index in [1.807, 2.05) is 36.2 Å². The average Bonchev–Trinajstić information content (AvgIpc) is 3.31. The minimum Gasteiger partial charge on any atom is -0.465 e. The molecule has 0 aliphatic carbocycles. The number of nitrogens with zero attached hydrogens (tertiary/aromatic N) is 6. The van der Waals surface area contributed by atoms with Crippen molar-refractivity contribution in [1.82, 2.24) is 30.4 Å². The first kappa shape index (κ1) is 20.1. The first-order valence-corrected chi connectivity index (χ1v) is 10.0. The topological polar surface area (TPSA) is 119 Å². The Morgan fingerprint density at radius 2 is 1.83 bits per heavy atom. The second-order valence-corrected chi connectivity index (χ2v) is 9.11. The number of hydrogen-bond acceptors (Lipinski definition) is 6. The van der Waals surface area contributed by atoms with E-state index in [1.165, 1.54) is 4.90 Å². The van der Waals surface area contributed by atoms with Crippen LogP contribution in [0.5, 0.6) is 0 Å². The number of hydrogen-bond donors (Lipinski definition) is 2. The van der Waals surface area contributed by atoms with Crippen molar-refractivity contribution in [3.63, 3.8) is 0 Å². The van der Waals surface area contributed by atoms with E-state index in [0.29, 0.717) is 31.8 Å². The second kappa shape index (κ2) is 6.96. The normalized spacial score (nSPS) is 21.5. The number of anilines is 1. The number of carbonyl (C=O) groups excluding carboxylic acids is 1. The van der Waals surface area contributed by atoms with Gasteiger partial charge < -0.3 is 19.8 Å². The van der Waals surface area contributed by atoms with Crippen LogP contribution in [0.25, 0.3) is 11.4 Å². The number of likely N-dealkylation sites (tertiary alicyclic amines) is 1. The third kappa shape index (κ3) is 3.06. The molecule has 2 saturated heterocycles. The second-order valence-electron chi connectivity index (χ2n) is 9.11. The van der Waals surface area contributed by atoms with Crippen molar-refractivity contribution in [3.8, 4) is 11.4 Å². The molecule has 10 nitrogen and oxygen atoms in total. The van der Waals surface area contributed by atoms with Crippen LogP contribution in [0, 0.1) is 5.41 Å². The summed E-state index contributed by atoms with van der Waals surface area (Å²) in [6.07, 6.45) is -0.173. The molecule has 10 heteroatoms. The molecule has 4 rings (SSSR count). The fraction of sp³-hybridized carbons (Fsp3) is 0.550. The molecule has 3 heterocycles. The maximum atomic E-state index is 13.5. The van der Waals surface area contributed by atoms with Gasteiger partial charge in [0.15, 0.2) is 0 Å². The van der Waals surface area contributed by atoms with Gasteiger partial charge in [-0.15, -0.1) is 10.2 Å². The molecule has 2 amide bonds. The summed E-state index contributed by atoms with van der Waals surface area (Å²) in [6, 6.07) is 7.79. The largest absolute Gasteiger partial charge is 0.465 e. The lowest BCUT2D eigenvalue weighted by atomic mass is 9.83. The van der Waals surface area contributed by atoms with Gasteiger partial charge in [-0.3, -0.25) is 4.79 Å².